The summed E-state index contributed by atoms with van der Waals surface area (Å²) in [4.78, 5) is 31.6. The zero-order valence-electron chi connectivity index (χ0n) is 24.0. The minimum Gasteiger partial charge on any atom is -0.494 e. The number of carboxylic acids is 2. The maximum atomic E-state index is 11.0. The van der Waals surface area contributed by atoms with Gasteiger partial charge in [-0.2, -0.15) is 4.98 Å². The Morgan fingerprint density at radius 1 is 0.857 bits per heavy atom. The lowest BCUT2D eigenvalue weighted by Crippen LogP contribution is -2.23. The molecule has 0 spiro atoms. The van der Waals surface area contributed by atoms with Gasteiger partial charge in [-0.25, -0.2) is 4.98 Å². The Hall–Kier alpha value is -4.17. The molecule has 220 valence electrons. The van der Waals surface area contributed by atoms with Crippen LogP contribution in [0.3, 0.4) is 0 Å². The highest BCUT2D eigenvalue weighted by Gasteiger charge is 2.24. The summed E-state index contributed by atoms with van der Waals surface area (Å²) in [7, 11) is 0. The average Bonchev–Trinajstić information content (AvgIpc) is 2.95. The predicted octanol–water partition coefficient (Wildman–Crippen LogP) is 7.55. The molecular weight excluding hydrogens is 556 g/mol. The molecule has 0 atom stereocenters. The predicted molar refractivity (Wildman–Crippen MR) is 162 cm³/mol. The van der Waals surface area contributed by atoms with Crippen molar-refractivity contribution in [3.8, 4) is 23.0 Å². The van der Waals surface area contributed by atoms with E-state index >= 15 is 0 Å². The van der Waals surface area contributed by atoms with Crippen molar-refractivity contribution >= 4 is 34.3 Å². The number of fused-ring (bicyclic) bond motifs is 1. The van der Waals surface area contributed by atoms with Crippen molar-refractivity contribution in [2.45, 2.75) is 58.5 Å². The number of aromatic nitrogens is 2. The Morgan fingerprint density at radius 2 is 1.57 bits per heavy atom. The largest absolute Gasteiger partial charge is 0.494 e. The van der Waals surface area contributed by atoms with Crippen LogP contribution in [0.15, 0.2) is 66.7 Å². The summed E-state index contributed by atoms with van der Waals surface area (Å²) in [5, 5.41) is 20.6. The number of ether oxygens (including phenoxy) is 2. The van der Waals surface area contributed by atoms with Crippen LogP contribution in [0, 0.1) is 5.92 Å². The van der Waals surface area contributed by atoms with Crippen molar-refractivity contribution in [2.24, 2.45) is 5.92 Å². The lowest BCUT2D eigenvalue weighted by Gasteiger charge is -2.19. The van der Waals surface area contributed by atoms with E-state index in [0.717, 1.165) is 33.3 Å². The quantitative estimate of drug-likeness (QED) is 0.121. The number of rotatable bonds is 13. The molecule has 0 amide bonds. The molecule has 0 fully saturated rings. The van der Waals surface area contributed by atoms with Crippen molar-refractivity contribution < 1.29 is 29.3 Å². The maximum absolute atomic E-state index is 11.0. The van der Waals surface area contributed by atoms with Gasteiger partial charge in [0.05, 0.1) is 12.3 Å². The van der Waals surface area contributed by atoms with Gasteiger partial charge in [0.2, 0.25) is 5.88 Å². The lowest BCUT2D eigenvalue weighted by atomic mass is 9.92. The first-order valence-corrected chi connectivity index (χ1v) is 14.3. The Kier molecular flexibility index (Phi) is 10.0. The van der Waals surface area contributed by atoms with Gasteiger partial charge in [0.15, 0.2) is 11.7 Å². The van der Waals surface area contributed by atoms with Crippen LogP contribution in [0.2, 0.25) is 5.02 Å². The summed E-state index contributed by atoms with van der Waals surface area (Å²) >= 11 is 6.31. The molecule has 8 nitrogen and oxygen atoms in total. The van der Waals surface area contributed by atoms with Crippen molar-refractivity contribution in [1.82, 2.24) is 9.97 Å². The molecule has 3 aromatic carbocycles. The number of hydrogen-bond acceptors (Lipinski definition) is 6. The van der Waals surface area contributed by atoms with Gasteiger partial charge in [0.1, 0.15) is 12.4 Å². The van der Waals surface area contributed by atoms with Crippen LogP contribution >= 0.6 is 11.6 Å². The lowest BCUT2D eigenvalue weighted by molar-refractivity contribution is -0.154. The number of carbonyl (C=O) groups is 2. The van der Waals surface area contributed by atoms with E-state index in [1.54, 1.807) is 0 Å². The highest BCUT2D eigenvalue weighted by molar-refractivity contribution is 6.31. The third-order valence-corrected chi connectivity index (χ3v) is 7.25. The van der Waals surface area contributed by atoms with Crippen LogP contribution < -0.4 is 9.47 Å². The SMILES string of the molecule is CC(C)(C)c1cc(OCc2ccccc2Cl)nc(-c2ccc3cc(OCCCCCC(C(=O)O)C(=O)O)ccc3c2)n1. The van der Waals surface area contributed by atoms with E-state index in [4.69, 9.17) is 41.3 Å². The Morgan fingerprint density at radius 3 is 2.29 bits per heavy atom. The second-order valence-electron chi connectivity index (χ2n) is 11.2. The molecule has 0 saturated heterocycles. The number of nitrogens with zero attached hydrogens (tertiary/aromatic N) is 2. The molecule has 0 aliphatic carbocycles. The molecule has 0 bridgehead atoms. The van der Waals surface area contributed by atoms with Crippen molar-refractivity contribution in [3.63, 3.8) is 0 Å². The summed E-state index contributed by atoms with van der Waals surface area (Å²) in [6, 6.07) is 21.3. The molecule has 9 heteroatoms. The van der Waals surface area contributed by atoms with E-state index in [1.807, 2.05) is 66.7 Å². The van der Waals surface area contributed by atoms with E-state index in [2.05, 4.69) is 20.8 Å². The van der Waals surface area contributed by atoms with Gasteiger partial charge in [0, 0.05) is 27.6 Å². The van der Waals surface area contributed by atoms with Crippen LogP contribution in [0.5, 0.6) is 11.6 Å². The highest BCUT2D eigenvalue weighted by Crippen LogP contribution is 2.30. The van der Waals surface area contributed by atoms with Crippen LogP contribution in [0.4, 0.5) is 0 Å². The van der Waals surface area contributed by atoms with Crippen molar-refractivity contribution in [1.29, 1.82) is 0 Å². The molecule has 4 rings (SSSR count). The second kappa shape index (κ2) is 13.7. The Labute approximate surface area is 250 Å². The van der Waals surface area contributed by atoms with Gasteiger partial charge in [-0.1, -0.05) is 81.6 Å². The molecule has 1 heterocycles. The molecule has 0 radical (unpaired) electrons. The summed E-state index contributed by atoms with van der Waals surface area (Å²) in [5.74, 6) is -2.17. The molecular formula is C33H35ClN2O6. The number of aliphatic carboxylic acids is 2. The van der Waals surface area contributed by atoms with Crippen molar-refractivity contribution in [2.75, 3.05) is 6.61 Å². The van der Waals surface area contributed by atoms with E-state index in [9.17, 15) is 9.59 Å². The molecule has 1 aromatic heterocycles. The van der Waals surface area contributed by atoms with Gasteiger partial charge in [-0.3, -0.25) is 9.59 Å². The van der Waals surface area contributed by atoms with Gasteiger partial charge < -0.3 is 19.7 Å². The summed E-state index contributed by atoms with van der Waals surface area (Å²) in [6.07, 6.45) is 2.01. The Balaban J connectivity index is 1.43. The average molecular weight is 591 g/mol. The maximum Gasteiger partial charge on any atom is 0.317 e. The molecule has 0 aliphatic heterocycles. The van der Waals surface area contributed by atoms with Gasteiger partial charge in [-0.05, 0) is 47.9 Å². The van der Waals surface area contributed by atoms with Crippen LogP contribution in [0.25, 0.3) is 22.2 Å². The van der Waals surface area contributed by atoms with E-state index in [0.29, 0.717) is 49.2 Å². The summed E-state index contributed by atoms with van der Waals surface area (Å²) < 4.78 is 12.0. The zero-order valence-corrected chi connectivity index (χ0v) is 24.7. The third kappa shape index (κ3) is 8.19. The second-order valence-corrected chi connectivity index (χ2v) is 11.6. The van der Waals surface area contributed by atoms with E-state index < -0.39 is 17.9 Å². The molecule has 0 saturated carbocycles. The Bertz CT molecular complexity index is 1550. The third-order valence-electron chi connectivity index (χ3n) is 6.88. The van der Waals surface area contributed by atoms with Crippen LogP contribution in [-0.2, 0) is 21.6 Å². The number of halogens is 1. The summed E-state index contributed by atoms with van der Waals surface area (Å²) in [5.41, 5.74) is 2.40. The number of hydrogen-bond donors (Lipinski definition) is 2. The fourth-order valence-corrected chi connectivity index (χ4v) is 4.59. The van der Waals surface area contributed by atoms with Crippen LogP contribution in [-0.4, -0.2) is 38.7 Å². The fraction of sp³-hybridized carbons (Fsp3) is 0.333. The highest BCUT2D eigenvalue weighted by atomic mass is 35.5. The minimum absolute atomic E-state index is 0.111. The number of benzene rings is 3. The van der Waals surface area contributed by atoms with Gasteiger partial charge in [0.25, 0.3) is 0 Å². The number of carboxylic acid groups (broad SMARTS) is 2. The first-order chi connectivity index (χ1) is 20.0. The topological polar surface area (TPSA) is 119 Å². The van der Waals surface area contributed by atoms with Crippen LogP contribution in [0.1, 0.15) is 57.7 Å². The monoisotopic (exact) mass is 590 g/mol. The first kappa shape index (κ1) is 30.8. The minimum atomic E-state index is -1.36. The van der Waals surface area contributed by atoms with Gasteiger partial charge >= 0.3 is 11.9 Å². The van der Waals surface area contributed by atoms with E-state index in [1.165, 1.54) is 0 Å². The standard InChI is InChI=1S/C33H35ClN2O6/c1-33(2,3)28-19-29(42-20-24-9-6-7-11-27(24)34)36-30(35-28)23-13-12-22-18-25(15-14-21(22)17-23)41-16-8-4-5-10-26(31(37)38)32(39)40/h6-7,9,11-15,17-19,26H,4-5,8,10,16,20H2,1-3H3,(H,37,38)(H,39,40). The molecule has 0 aliphatic rings. The molecule has 4 aromatic rings. The molecule has 0 unspecified atom stereocenters. The summed E-state index contributed by atoms with van der Waals surface area (Å²) in [6.45, 7) is 7.05. The van der Waals surface area contributed by atoms with Gasteiger partial charge in [-0.15, -0.1) is 0 Å². The number of unbranched alkanes of at least 4 members (excludes halogenated alkanes) is 2. The molecule has 2 N–H and O–H groups in total. The molecule has 42 heavy (non-hydrogen) atoms. The van der Waals surface area contributed by atoms with E-state index in [-0.39, 0.29) is 11.8 Å². The zero-order chi connectivity index (χ0) is 30.3. The normalized spacial score (nSPS) is 11.5. The first-order valence-electron chi connectivity index (χ1n) is 13.9. The van der Waals surface area contributed by atoms with Crippen molar-refractivity contribution in [3.05, 3.63) is 83.0 Å². The fourth-order valence-electron chi connectivity index (χ4n) is 4.40. The smallest absolute Gasteiger partial charge is 0.317 e.